The lowest BCUT2D eigenvalue weighted by Gasteiger charge is -2.01. The zero-order chi connectivity index (χ0) is 22.6. The summed E-state index contributed by atoms with van der Waals surface area (Å²) in [5.41, 5.74) is 23.7. The lowest BCUT2D eigenvalue weighted by Crippen LogP contribution is -2.33. The van der Waals surface area contributed by atoms with Gasteiger partial charge in [-0.2, -0.15) is 0 Å². The Morgan fingerprint density at radius 2 is 1.04 bits per heavy atom. The third kappa shape index (κ3) is 39.7. The van der Waals surface area contributed by atoms with Crippen molar-refractivity contribution in [3.63, 3.8) is 0 Å². The highest BCUT2D eigenvalue weighted by atomic mass is 16.4. The number of hydrogen-bond acceptors (Lipinski definition) is 10. The number of primary amides is 1. The highest BCUT2D eigenvalue weighted by Crippen LogP contribution is 1.92. The quantitative estimate of drug-likeness (QED) is 0.182. The van der Waals surface area contributed by atoms with Gasteiger partial charge >= 0.3 is 23.9 Å². The Morgan fingerprint density at radius 3 is 1.15 bits per heavy atom. The van der Waals surface area contributed by atoms with Crippen LogP contribution < -0.4 is 28.7 Å². The van der Waals surface area contributed by atoms with Gasteiger partial charge in [0.1, 0.15) is 12.1 Å². The van der Waals surface area contributed by atoms with Crippen LogP contribution in [0.3, 0.4) is 0 Å². The van der Waals surface area contributed by atoms with Gasteiger partial charge in [-0.3, -0.25) is 24.0 Å². The summed E-state index contributed by atoms with van der Waals surface area (Å²) in [4.78, 5) is 48.3. The number of carbonyl (C=O) groups excluding carboxylic acids is 1. The van der Waals surface area contributed by atoms with Crippen LogP contribution in [0.4, 0.5) is 0 Å². The summed E-state index contributed by atoms with van der Waals surface area (Å²) in [6, 6.07) is -2.10. The van der Waals surface area contributed by atoms with Gasteiger partial charge in [0, 0.05) is 6.42 Å². The molecule has 0 radical (unpaired) electrons. The van der Waals surface area contributed by atoms with Crippen molar-refractivity contribution in [3.8, 4) is 0 Å². The Bertz CT molecular complexity index is 446. The van der Waals surface area contributed by atoms with Crippen molar-refractivity contribution < 1.29 is 49.5 Å². The zero-order valence-electron chi connectivity index (χ0n) is 14.4. The van der Waals surface area contributed by atoms with Crippen LogP contribution in [-0.2, 0) is 24.0 Å². The van der Waals surface area contributed by atoms with Crippen molar-refractivity contribution in [2.24, 2.45) is 28.7 Å². The summed E-state index contributed by atoms with van der Waals surface area (Å²) in [6.45, 7) is -1.06. The summed E-state index contributed by atoms with van der Waals surface area (Å²) >= 11 is 0. The van der Waals surface area contributed by atoms with Crippen LogP contribution in [0, 0.1) is 0 Å². The van der Waals surface area contributed by atoms with Gasteiger partial charge in [0.25, 0.3) is 0 Å². The van der Waals surface area contributed by atoms with E-state index >= 15 is 0 Å². The molecule has 0 aromatic heterocycles. The van der Waals surface area contributed by atoms with Crippen LogP contribution in [0.25, 0.3) is 0 Å². The Balaban J connectivity index is -0.000000137. The van der Waals surface area contributed by atoms with Gasteiger partial charge in [0.15, 0.2) is 0 Å². The Labute approximate surface area is 153 Å². The van der Waals surface area contributed by atoms with E-state index < -0.39 is 48.5 Å². The molecule has 0 aliphatic heterocycles. The first-order valence-electron chi connectivity index (χ1n) is 6.96. The average Bonchev–Trinajstić information content (AvgIpc) is 2.59. The molecule has 0 bridgehead atoms. The molecule has 0 aliphatic rings. The second-order valence-electron chi connectivity index (χ2n) is 4.27. The highest BCUT2D eigenvalue weighted by molar-refractivity contribution is 5.77. The SMILES string of the molecule is NC(=O)CC[C@H](N)C(=O)O.NCC(=O)O.NCC(=O)O.N[C@@H](CO)C(=O)O. The van der Waals surface area contributed by atoms with E-state index in [-0.39, 0.29) is 25.9 Å². The Morgan fingerprint density at radius 1 is 0.741 bits per heavy atom. The Hall–Kier alpha value is -2.85. The number of rotatable bonds is 8. The molecule has 0 aromatic rings. The van der Waals surface area contributed by atoms with Crippen LogP contribution in [0.15, 0.2) is 0 Å². The molecule has 15 N–H and O–H groups in total. The molecule has 0 saturated carbocycles. The van der Waals surface area contributed by atoms with Crippen LogP contribution in [0.2, 0.25) is 0 Å². The number of amides is 1. The number of aliphatic hydroxyl groups excluding tert-OH is 1. The molecule has 0 spiro atoms. The fourth-order valence-corrected chi connectivity index (χ4v) is 0.499. The van der Waals surface area contributed by atoms with Crippen LogP contribution in [0.5, 0.6) is 0 Å². The van der Waals surface area contributed by atoms with Gasteiger partial charge in [-0.1, -0.05) is 0 Å². The number of aliphatic hydroxyl groups is 1. The van der Waals surface area contributed by atoms with Crippen LogP contribution in [0.1, 0.15) is 12.8 Å². The zero-order valence-corrected chi connectivity index (χ0v) is 14.4. The van der Waals surface area contributed by atoms with Crippen molar-refractivity contribution in [1.29, 1.82) is 0 Å². The van der Waals surface area contributed by atoms with Gasteiger partial charge in [-0.15, -0.1) is 0 Å². The number of carboxylic acids is 4. The van der Waals surface area contributed by atoms with Crippen molar-refractivity contribution in [2.75, 3.05) is 19.7 Å². The van der Waals surface area contributed by atoms with E-state index in [1.807, 2.05) is 0 Å². The fraction of sp³-hybridized carbons (Fsp3) is 0.583. The minimum atomic E-state index is -1.18. The van der Waals surface area contributed by atoms with E-state index in [4.69, 9.17) is 42.7 Å². The lowest BCUT2D eigenvalue weighted by molar-refractivity contribution is -0.140. The number of hydrogen-bond donors (Lipinski definition) is 10. The first kappa shape index (κ1) is 31.9. The van der Waals surface area contributed by atoms with Gasteiger partial charge in [-0.05, 0) is 6.42 Å². The second-order valence-corrected chi connectivity index (χ2v) is 4.27. The number of nitrogens with two attached hydrogens (primary N) is 5. The molecule has 15 heteroatoms. The van der Waals surface area contributed by atoms with E-state index in [0.717, 1.165) is 0 Å². The Kier molecular flexibility index (Phi) is 25.0. The maximum Gasteiger partial charge on any atom is 0.322 e. The summed E-state index contributed by atoms with van der Waals surface area (Å²) in [5.74, 6) is -4.75. The number of carbonyl (C=O) groups is 5. The van der Waals surface area contributed by atoms with E-state index in [9.17, 15) is 24.0 Å². The summed E-state index contributed by atoms with van der Waals surface area (Å²) in [6.07, 6.45) is 0.123. The molecule has 1 amide bonds. The summed E-state index contributed by atoms with van der Waals surface area (Å²) < 4.78 is 0. The summed E-state index contributed by atoms with van der Waals surface area (Å²) in [7, 11) is 0. The lowest BCUT2D eigenvalue weighted by atomic mass is 10.2. The molecule has 27 heavy (non-hydrogen) atoms. The minimum Gasteiger partial charge on any atom is -0.480 e. The van der Waals surface area contributed by atoms with Gasteiger partial charge < -0.3 is 54.2 Å². The molecule has 15 nitrogen and oxygen atoms in total. The third-order valence-corrected chi connectivity index (χ3v) is 1.88. The van der Waals surface area contributed by atoms with Gasteiger partial charge in [-0.25, -0.2) is 0 Å². The first-order valence-corrected chi connectivity index (χ1v) is 6.96. The second kappa shape index (κ2) is 21.2. The molecular formula is C12H27N5O10. The molecule has 2 atom stereocenters. The molecule has 0 fully saturated rings. The molecule has 0 aromatic carbocycles. The normalized spacial score (nSPS) is 10.9. The number of carboxylic acid groups (broad SMARTS) is 4. The molecule has 0 saturated heterocycles. The maximum absolute atomic E-state index is 10.1. The predicted molar refractivity (Wildman–Crippen MR) is 90.1 cm³/mol. The monoisotopic (exact) mass is 401 g/mol. The van der Waals surface area contributed by atoms with Crippen molar-refractivity contribution in [2.45, 2.75) is 24.9 Å². The van der Waals surface area contributed by atoms with E-state index in [0.29, 0.717) is 0 Å². The minimum absolute atomic E-state index is 0.0213. The van der Waals surface area contributed by atoms with E-state index in [1.165, 1.54) is 0 Å². The summed E-state index contributed by atoms with van der Waals surface area (Å²) in [5, 5.41) is 39.3. The molecule has 0 rings (SSSR count). The van der Waals surface area contributed by atoms with Crippen molar-refractivity contribution in [1.82, 2.24) is 0 Å². The fourth-order valence-electron chi connectivity index (χ4n) is 0.499. The molecule has 0 heterocycles. The highest BCUT2D eigenvalue weighted by Gasteiger charge is 2.11. The van der Waals surface area contributed by atoms with E-state index in [1.54, 1.807) is 0 Å². The van der Waals surface area contributed by atoms with Crippen LogP contribution in [-0.4, -0.2) is 87.1 Å². The number of aliphatic carboxylic acids is 4. The van der Waals surface area contributed by atoms with E-state index in [2.05, 4.69) is 11.5 Å². The van der Waals surface area contributed by atoms with Crippen molar-refractivity contribution >= 4 is 29.8 Å². The standard InChI is InChI=1S/C5H10N2O3.C3H7NO3.2C2H5NO2/c6-3(5(9)10)1-2-4(7)8;4-2(1-5)3(6)7;2*3-1-2(4)5/h3H,1-2,6H2,(H2,7,8)(H,9,10);2,5H,1,4H2,(H,6,7);2*1,3H2,(H,4,5)/t3-;2-;;/m00../s1. The molecule has 160 valence electrons. The average molecular weight is 401 g/mol. The van der Waals surface area contributed by atoms with Crippen molar-refractivity contribution in [3.05, 3.63) is 0 Å². The molecule has 0 aliphatic carbocycles. The molecule has 0 unspecified atom stereocenters. The molecular weight excluding hydrogens is 374 g/mol. The van der Waals surface area contributed by atoms with Crippen LogP contribution >= 0.6 is 0 Å². The van der Waals surface area contributed by atoms with Gasteiger partial charge in [0.05, 0.1) is 19.7 Å². The largest absolute Gasteiger partial charge is 0.480 e. The van der Waals surface area contributed by atoms with Gasteiger partial charge in [0.2, 0.25) is 5.91 Å². The topological polar surface area (TPSA) is 317 Å². The predicted octanol–water partition coefficient (Wildman–Crippen LogP) is -4.89. The third-order valence-electron chi connectivity index (χ3n) is 1.88. The first-order chi connectivity index (χ1) is 12.3. The maximum atomic E-state index is 10.1. The smallest absolute Gasteiger partial charge is 0.322 e.